The molecule has 21 heavy (non-hydrogen) atoms. The SMILES string of the molecule is COc1cc2nc(=S)n(CCN(C)C)c(N)c2cc1OC. The Balaban J connectivity index is 2.62. The summed E-state index contributed by atoms with van der Waals surface area (Å²) in [5.74, 6) is 1.82. The van der Waals surface area contributed by atoms with Crippen LogP contribution in [0.5, 0.6) is 11.5 Å². The van der Waals surface area contributed by atoms with Crippen LogP contribution in [0.25, 0.3) is 10.9 Å². The first kappa shape index (κ1) is 15.5. The molecule has 0 unspecified atom stereocenters. The van der Waals surface area contributed by atoms with Gasteiger partial charge in [0.25, 0.3) is 0 Å². The molecule has 2 N–H and O–H groups in total. The van der Waals surface area contributed by atoms with Crippen molar-refractivity contribution in [2.75, 3.05) is 40.6 Å². The van der Waals surface area contributed by atoms with Gasteiger partial charge in [0.15, 0.2) is 11.5 Å². The third-order valence-corrected chi connectivity index (χ3v) is 3.60. The van der Waals surface area contributed by atoms with Crippen molar-refractivity contribution in [2.24, 2.45) is 0 Å². The Bertz CT molecular complexity index is 712. The second-order valence-electron chi connectivity index (χ2n) is 4.96. The number of nitrogens with two attached hydrogens (primary N) is 1. The molecule has 0 aliphatic rings. The number of likely N-dealkylation sites (N-methyl/N-ethyl adjacent to an activating group) is 1. The summed E-state index contributed by atoms with van der Waals surface area (Å²) in [5.41, 5.74) is 6.97. The van der Waals surface area contributed by atoms with Gasteiger partial charge in [-0.2, -0.15) is 0 Å². The van der Waals surface area contributed by atoms with E-state index in [-0.39, 0.29) is 0 Å². The smallest absolute Gasteiger partial charge is 0.201 e. The molecule has 0 saturated heterocycles. The van der Waals surface area contributed by atoms with Gasteiger partial charge in [0.05, 0.1) is 19.7 Å². The summed E-state index contributed by atoms with van der Waals surface area (Å²) in [7, 11) is 7.18. The Morgan fingerprint density at radius 3 is 2.43 bits per heavy atom. The summed E-state index contributed by atoms with van der Waals surface area (Å²) in [6.45, 7) is 1.52. The van der Waals surface area contributed by atoms with Crippen molar-refractivity contribution in [3.8, 4) is 11.5 Å². The third kappa shape index (κ3) is 3.08. The predicted octanol–water partition coefficient (Wildman–Crippen LogP) is 1.93. The Morgan fingerprint density at radius 2 is 1.86 bits per heavy atom. The van der Waals surface area contributed by atoms with E-state index in [9.17, 15) is 0 Å². The molecule has 0 atom stereocenters. The highest BCUT2D eigenvalue weighted by Crippen LogP contribution is 2.33. The van der Waals surface area contributed by atoms with Crippen molar-refractivity contribution in [2.45, 2.75) is 6.54 Å². The topological polar surface area (TPSA) is 65.5 Å². The fraction of sp³-hybridized carbons (Fsp3) is 0.429. The monoisotopic (exact) mass is 308 g/mol. The Morgan fingerprint density at radius 1 is 1.24 bits per heavy atom. The van der Waals surface area contributed by atoms with Crippen LogP contribution in [0.2, 0.25) is 0 Å². The first-order chi connectivity index (χ1) is 9.97. The van der Waals surface area contributed by atoms with Crippen LogP contribution in [0.3, 0.4) is 0 Å². The number of ether oxygens (including phenoxy) is 2. The molecule has 2 aromatic rings. The van der Waals surface area contributed by atoms with Crippen molar-refractivity contribution >= 4 is 28.9 Å². The van der Waals surface area contributed by atoms with Crippen molar-refractivity contribution in [1.82, 2.24) is 14.5 Å². The van der Waals surface area contributed by atoms with Crippen LogP contribution in [0.4, 0.5) is 5.82 Å². The zero-order valence-corrected chi connectivity index (χ0v) is 13.5. The summed E-state index contributed by atoms with van der Waals surface area (Å²) in [5, 5.41) is 0.806. The number of hydrogen-bond acceptors (Lipinski definition) is 6. The summed E-state index contributed by atoms with van der Waals surface area (Å²) in [6.07, 6.45) is 0. The molecule has 1 aromatic heterocycles. The van der Waals surface area contributed by atoms with E-state index in [4.69, 9.17) is 27.4 Å². The highest BCUT2D eigenvalue weighted by Gasteiger charge is 2.12. The number of hydrogen-bond donors (Lipinski definition) is 1. The lowest BCUT2D eigenvalue weighted by molar-refractivity contribution is 0.355. The first-order valence-electron chi connectivity index (χ1n) is 6.54. The lowest BCUT2D eigenvalue weighted by Gasteiger charge is -2.16. The van der Waals surface area contributed by atoms with Crippen molar-refractivity contribution in [3.63, 3.8) is 0 Å². The van der Waals surface area contributed by atoms with Crippen molar-refractivity contribution in [1.29, 1.82) is 0 Å². The van der Waals surface area contributed by atoms with Crippen LogP contribution in [0, 0.1) is 4.77 Å². The molecule has 7 heteroatoms. The summed E-state index contributed by atoms with van der Waals surface area (Å²) in [6, 6.07) is 3.62. The van der Waals surface area contributed by atoms with E-state index in [1.807, 2.05) is 24.7 Å². The second-order valence-corrected chi connectivity index (χ2v) is 5.32. The third-order valence-electron chi connectivity index (χ3n) is 3.29. The minimum atomic E-state index is 0.467. The second kappa shape index (κ2) is 6.28. The van der Waals surface area contributed by atoms with E-state index < -0.39 is 0 Å². The number of nitrogen functional groups attached to an aromatic ring is 1. The van der Waals surface area contributed by atoms with E-state index in [1.54, 1.807) is 20.3 Å². The maximum absolute atomic E-state index is 6.26. The molecule has 114 valence electrons. The molecule has 0 amide bonds. The van der Waals surface area contributed by atoms with Gasteiger partial charge < -0.3 is 24.7 Å². The van der Waals surface area contributed by atoms with Gasteiger partial charge in [-0.1, -0.05) is 0 Å². The van der Waals surface area contributed by atoms with Gasteiger partial charge in [0.1, 0.15) is 5.82 Å². The number of rotatable bonds is 5. The molecular weight excluding hydrogens is 288 g/mol. The van der Waals surface area contributed by atoms with Crippen molar-refractivity contribution in [3.05, 3.63) is 16.9 Å². The van der Waals surface area contributed by atoms with Crippen LogP contribution in [0.1, 0.15) is 0 Å². The maximum atomic E-state index is 6.26. The van der Waals surface area contributed by atoms with Crippen LogP contribution in [-0.2, 0) is 6.54 Å². The van der Waals surface area contributed by atoms with Gasteiger partial charge in [-0.3, -0.25) is 0 Å². The molecule has 1 aromatic carbocycles. The molecule has 0 saturated carbocycles. The zero-order chi connectivity index (χ0) is 15.6. The first-order valence-corrected chi connectivity index (χ1v) is 6.95. The maximum Gasteiger partial charge on any atom is 0.201 e. The summed E-state index contributed by atoms with van der Waals surface area (Å²) < 4.78 is 12.9. The van der Waals surface area contributed by atoms with Gasteiger partial charge in [0.2, 0.25) is 4.77 Å². The van der Waals surface area contributed by atoms with Crippen LogP contribution in [0.15, 0.2) is 12.1 Å². The summed E-state index contributed by atoms with van der Waals surface area (Å²) >= 11 is 5.34. The average molecular weight is 308 g/mol. The van der Waals surface area contributed by atoms with Crippen LogP contribution >= 0.6 is 12.2 Å². The normalized spacial score (nSPS) is 11.1. The fourth-order valence-corrected chi connectivity index (χ4v) is 2.38. The predicted molar refractivity (Wildman–Crippen MR) is 86.6 cm³/mol. The number of anilines is 1. The molecule has 1 heterocycles. The largest absolute Gasteiger partial charge is 0.493 e. The highest BCUT2D eigenvalue weighted by atomic mass is 32.1. The Labute approximate surface area is 129 Å². The van der Waals surface area contributed by atoms with Gasteiger partial charge in [-0.05, 0) is 32.4 Å². The van der Waals surface area contributed by atoms with Gasteiger partial charge >= 0.3 is 0 Å². The molecule has 2 rings (SSSR count). The van der Waals surface area contributed by atoms with Gasteiger partial charge in [-0.25, -0.2) is 4.98 Å². The Kier molecular flexibility index (Phi) is 4.64. The van der Waals surface area contributed by atoms with E-state index in [0.29, 0.717) is 34.1 Å². The standard InChI is InChI=1S/C14H20N4O2S/c1-17(2)5-6-18-13(15)9-7-11(19-3)12(20-4)8-10(9)16-14(18)21/h7-8H,5-6,15H2,1-4H3. The van der Waals surface area contributed by atoms with Crippen LogP contribution < -0.4 is 15.2 Å². The molecule has 0 aliphatic heterocycles. The minimum absolute atomic E-state index is 0.467. The number of aromatic nitrogens is 2. The fourth-order valence-electron chi connectivity index (χ4n) is 2.09. The molecule has 6 nitrogen and oxygen atoms in total. The van der Waals surface area contributed by atoms with E-state index in [0.717, 1.165) is 11.9 Å². The van der Waals surface area contributed by atoms with E-state index >= 15 is 0 Å². The molecule has 0 radical (unpaired) electrons. The highest BCUT2D eigenvalue weighted by molar-refractivity contribution is 7.71. The lowest BCUT2D eigenvalue weighted by Crippen LogP contribution is -2.21. The number of nitrogens with zero attached hydrogens (tertiary/aromatic N) is 3. The van der Waals surface area contributed by atoms with E-state index in [1.165, 1.54) is 0 Å². The Hall–Kier alpha value is -1.86. The average Bonchev–Trinajstić information content (AvgIpc) is 2.45. The van der Waals surface area contributed by atoms with Crippen LogP contribution in [-0.4, -0.2) is 49.3 Å². The van der Waals surface area contributed by atoms with Crippen molar-refractivity contribution < 1.29 is 9.47 Å². The number of methoxy groups -OCH3 is 2. The molecule has 0 bridgehead atoms. The number of benzene rings is 1. The lowest BCUT2D eigenvalue weighted by atomic mass is 10.2. The molecule has 0 spiro atoms. The molecule has 0 fully saturated rings. The van der Waals surface area contributed by atoms with E-state index in [2.05, 4.69) is 9.88 Å². The van der Waals surface area contributed by atoms with Gasteiger partial charge in [-0.15, -0.1) is 0 Å². The minimum Gasteiger partial charge on any atom is -0.493 e. The number of fused-ring (bicyclic) bond motifs is 1. The molecular formula is C14H20N4O2S. The molecule has 0 aliphatic carbocycles. The van der Waals surface area contributed by atoms with Gasteiger partial charge in [0, 0.05) is 24.5 Å². The quantitative estimate of drug-likeness (QED) is 0.851. The zero-order valence-electron chi connectivity index (χ0n) is 12.7. The summed E-state index contributed by atoms with van der Waals surface area (Å²) in [4.78, 5) is 6.51.